The fourth-order valence-electron chi connectivity index (χ4n) is 2.10. The van der Waals surface area contributed by atoms with Gasteiger partial charge in [-0.3, -0.25) is 4.98 Å². The first-order chi connectivity index (χ1) is 10.3. The Balaban J connectivity index is 1.92. The number of rotatable bonds is 4. The minimum atomic E-state index is 0.632. The monoisotopic (exact) mass is 279 g/mol. The highest BCUT2D eigenvalue weighted by Crippen LogP contribution is 2.22. The van der Waals surface area contributed by atoms with Gasteiger partial charge in [-0.1, -0.05) is 6.07 Å². The van der Waals surface area contributed by atoms with Crippen molar-refractivity contribution in [2.45, 2.75) is 13.8 Å². The van der Waals surface area contributed by atoms with Gasteiger partial charge in [-0.05, 0) is 38.1 Å². The van der Waals surface area contributed by atoms with Crippen LogP contribution >= 0.6 is 0 Å². The van der Waals surface area contributed by atoms with Crippen molar-refractivity contribution in [3.63, 3.8) is 0 Å². The molecule has 21 heavy (non-hydrogen) atoms. The Kier molecular flexibility index (Phi) is 3.64. The van der Waals surface area contributed by atoms with Crippen molar-refractivity contribution < 1.29 is 0 Å². The van der Waals surface area contributed by atoms with Gasteiger partial charge in [0.25, 0.3) is 0 Å². The summed E-state index contributed by atoms with van der Waals surface area (Å²) in [5.74, 6) is 1.44. The summed E-state index contributed by atoms with van der Waals surface area (Å²) in [6.07, 6.45) is 3.61. The SMILES string of the molecule is CCNc1ncc(C)c(Nc2ccc3ncccc3c2)n1. The van der Waals surface area contributed by atoms with Crippen LogP contribution in [0, 0.1) is 6.92 Å². The van der Waals surface area contributed by atoms with Crippen LogP contribution in [0.1, 0.15) is 12.5 Å². The zero-order valence-electron chi connectivity index (χ0n) is 12.1. The van der Waals surface area contributed by atoms with Crippen LogP contribution in [0.25, 0.3) is 10.9 Å². The van der Waals surface area contributed by atoms with Crippen LogP contribution in [0.15, 0.2) is 42.7 Å². The van der Waals surface area contributed by atoms with E-state index in [2.05, 4.69) is 31.7 Å². The molecule has 3 rings (SSSR count). The Labute approximate surface area is 123 Å². The first-order valence-corrected chi connectivity index (χ1v) is 6.95. The third kappa shape index (κ3) is 2.91. The van der Waals surface area contributed by atoms with Crippen molar-refractivity contribution in [3.05, 3.63) is 48.3 Å². The summed E-state index contributed by atoms with van der Waals surface area (Å²) >= 11 is 0. The number of nitrogens with one attached hydrogen (secondary N) is 2. The van der Waals surface area contributed by atoms with Crippen LogP contribution in [0.5, 0.6) is 0 Å². The number of hydrogen-bond acceptors (Lipinski definition) is 5. The molecular formula is C16H17N5. The Morgan fingerprint density at radius 3 is 2.90 bits per heavy atom. The van der Waals surface area contributed by atoms with Crippen LogP contribution < -0.4 is 10.6 Å². The van der Waals surface area contributed by atoms with Crippen molar-refractivity contribution >= 4 is 28.4 Å². The van der Waals surface area contributed by atoms with E-state index >= 15 is 0 Å². The topological polar surface area (TPSA) is 62.7 Å². The van der Waals surface area contributed by atoms with Crippen LogP contribution in [0.3, 0.4) is 0 Å². The minimum absolute atomic E-state index is 0.632. The van der Waals surface area contributed by atoms with E-state index in [1.54, 1.807) is 6.20 Å². The van der Waals surface area contributed by atoms with E-state index in [1.807, 2.05) is 44.3 Å². The molecular weight excluding hydrogens is 262 g/mol. The smallest absolute Gasteiger partial charge is 0.224 e. The molecule has 0 bridgehead atoms. The van der Waals surface area contributed by atoms with Crippen LogP contribution in [0.4, 0.5) is 17.5 Å². The number of nitrogens with zero attached hydrogens (tertiary/aromatic N) is 3. The van der Waals surface area contributed by atoms with Crippen molar-refractivity contribution in [1.82, 2.24) is 15.0 Å². The summed E-state index contributed by atoms with van der Waals surface area (Å²) in [6.45, 7) is 4.80. The summed E-state index contributed by atoms with van der Waals surface area (Å²) in [5.41, 5.74) is 2.97. The standard InChI is InChI=1S/C16H17N5/c1-3-17-16-19-10-11(2)15(21-16)20-13-6-7-14-12(9-13)5-4-8-18-14/h4-10H,3H2,1-2H3,(H2,17,19,20,21). The molecule has 0 aliphatic rings. The van der Waals surface area contributed by atoms with Crippen molar-refractivity contribution in [2.24, 2.45) is 0 Å². The van der Waals surface area contributed by atoms with E-state index in [1.165, 1.54) is 0 Å². The maximum Gasteiger partial charge on any atom is 0.224 e. The average Bonchev–Trinajstić information content (AvgIpc) is 2.51. The number of fused-ring (bicyclic) bond motifs is 1. The molecule has 0 fully saturated rings. The Morgan fingerprint density at radius 2 is 2.05 bits per heavy atom. The molecule has 106 valence electrons. The average molecular weight is 279 g/mol. The number of anilines is 3. The van der Waals surface area contributed by atoms with Gasteiger partial charge in [0.2, 0.25) is 5.95 Å². The van der Waals surface area contributed by atoms with Gasteiger partial charge in [-0.25, -0.2) is 4.98 Å². The summed E-state index contributed by atoms with van der Waals surface area (Å²) in [4.78, 5) is 13.1. The molecule has 2 aromatic heterocycles. The van der Waals surface area contributed by atoms with Gasteiger partial charge in [0.15, 0.2) is 0 Å². The lowest BCUT2D eigenvalue weighted by atomic mass is 10.2. The largest absolute Gasteiger partial charge is 0.354 e. The summed E-state index contributed by atoms with van der Waals surface area (Å²) in [7, 11) is 0. The van der Waals surface area contributed by atoms with Gasteiger partial charge in [0.1, 0.15) is 5.82 Å². The van der Waals surface area contributed by atoms with Crippen LogP contribution in [0.2, 0.25) is 0 Å². The van der Waals surface area contributed by atoms with E-state index in [4.69, 9.17) is 0 Å². The Bertz CT molecular complexity index is 769. The Hall–Kier alpha value is -2.69. The summed E-state index contributed by atoms with van der Waals surface area (Å²) < 4.78 is 0. The van der Waals surface area contributed by atoms with E-state index in [-0.39, 0.29) is 0 Å². The van der Waals surface area contributed by atoms with E-state index in [0.29, 0.717) is 5.95 Å². The van der Waals surface area contributed by atoms with Gasteiger partial charge >= 0.3 is 0 Å². The highest BCUT2D eigenvalue weighted by atomic mass is 15.1. The molecule has 0 saturated heterocycles. The highest BCUT2D eigenvalue weighted by Gasteiger charge is 2.04. The normalized spacial score (nSPS) is 10.6. The van der Waals surface area contributed by atoms with E-state index < -0.39 is 0 Å². The third-order valence-corrected chi connectivity index (χ3v) is 3.17. The molecule has 0 saturated carbocycles. The molecule has 2 heterocycles. The molecule has 0 spiro atoms. The molecule has 1 aromatic carbocycles. The quantitative estimate of drug-likeness (QED) is 0.765. The van der Waals surface area contributed by atoms with Gasteiger partial charge in [0.05, 0.1) is 5.52 Å². The van der Waals surface area contributed by atoms with Gasteiger partial charge in [-0.15, -0.1) is 0 Å². The number of aryl methyl sites for hydroxylation is 1. The van der Waals surface area contributed by atoms with Crippen molar-refractivity contribution in [1.29, 1.82) is 0 Å². The molecule has 0 aliphatic carbocycles. The molecule has 5 heteroatoms. The second kappa shape index (κ2) is 5.75. The lowest BCUT2D eigenvalue weighted by molar-refractivity contribution is 1.07. The molecule has 0 atom stereocenters. The number of aromatic nitrogens is 3. The maximum absolute atomic E-state index is 4.49. The Morgan fingerprint density at radius 1 is 1.14 bits per heavy atom. The first kappa shape index (κ1) is 13.3. The zero-order valence-corrected chi connectivity index (χ0v) is 12.1. The van der Waals surface area contributed by atoms with E-state index in [0.717, 1.165) is 34.5 Å². The second-order valence-corrected chi connectivity index (χ2v) is 4.79. The minimum Gasteiger partial charge on any atom is -0.354 e. The second-order valence-electron chi connectivity index (χ2n) is 4.79. The highest BCUT2D eigenvalue weighted by molar-refractivity contribution is 5.83. The summed E-state index contributed by atoms with van der Waals surface area (Å²) in [6, 6.07) is 10.1. The molecule has 2 N–H and O–H groups in total. The first-order valence-electron chi connectivity index (χ1n) is 6.95. The lowest BCUT2D eigenvalue weighted by Crippen LogP contribution is -2.05. The molecule has 0 unspecified atom stereocenters. The molecule has 0 aliphatic heterocycles. The number of benzene rings is 1. The van der Waals surface area contributed by atoms with Crippen molar-refractivity contribution in [3.8, 4) is 0 Å². The fourth-order valence-corrected chi connectivity index (χ4v) is 2.10. The summed E-state index contributed by atoms with van der Waals surface area (Å²) in [5, 5.41) is 7.56. The van der Waals surface area contributed by atoms with Crippen molar-refractivity contribution in [2.75, 3.05) is 17.2 Å². The maximum atomic E-state index is 4.49. The molecule has 0 amide bonds. The van der Waals surface area contributed by atoms with Gasteiger partial charge in [-0.2, -0.15) is 4.98 Å². The number of pyridine rings is 1. The molecule has 3 aromatic rings. The molecule has 5 nitrogen and oxygen atoms in total. The van der Waals surface area contributed by atoms with Gasteiger partial charge < -0.3 is 10.6 Å². The zero-order chi connectivity index (χ0) is 14.7. The predicted molar refractivity (Wildman–Crippen MR) is 86.0 cm³/mol. The predicted octanol–water partition coefficient (Wildman–Crippen LogP) is 3.51. The van der Waals surface area contributed by atoms with E-state index in [9.17, 15) is 0 Å². The molecule has 0 radical (unpaired) electrons. The van der Waals surface area contributed by atoms with Gasteiger partial charge in [0, 0.05) is 35.6 Å². The fraction of sp³-hybridized carbons (Fsp3) is 0.188. The van der Waals surface area contributed by atoms with Crippen LogP contribution in [-0.4, -0.2) is 21.5 Å². The van der Waals surface area contributed by atoms with Crippen LogP contribution in [-0.2, 0) is 0 Å². The lowest BCUT2D eigenvalue weighted by Gasteiger charge is -2.10. The third-order valence-electron chi connectivity index (χ3n) is 3.17. The number of hydrogen-bond donors (Lipinski definition) is 2.